The van der Waals surface area contributed by atoms with Crippen molar-refractivity contribution in [2.45, 2.75) is 45.4 Å². The second-order valence-corrected chi connectivity index (χ2v) is 16.5. The highest BCUT2D eigenvalue weighted by Crippen LogP contribution is 2.40. The van der Waals surface area contributed by atoms with Crippen molar-refractivity contribution in [1.29, 1.82) is 0 Å². The number of carbonyl (C=O) groups is 1. The number of hydrogen-bond donors (Lipinski definition) is 0. The molecule has 1 atom stereocenters. The van der Waals surface area contributed by atoms with Crippen LogP contribution in [0.3, 0.4) is 0 Å². The number of carbonyl (C=O) groups excluding carboxylic acids is 1. The van der Waals surface area contributed by atoms with Gasteiger partial charge in [0, 0.05) is 11.6 Å². The molecule has 0 saturated heterocycles. The molecule has 0 N–H and O–H groups in total. The number of methoxy groups -OCH3 is 3. The van der Waals surface area contributed by atoms with E-state index in [1.807, 2.05) is 39.3 Å². The molecule has 0 aliphatic rings. The highest BCUT2D eigenvalue weighted by Gasteiger charge is 2.35. The molecule has 0 bridgehead atoms. The van der Waals surface area contributed by atoms with E-state index in [9.17, 15) is 4.79 Å². The molecule has 1 aromatic rings. The van der Waals surface area contributed by atoms with Gasteiger partial charge in [-0.05, 0) is 45.3 Å². The zero-order valence-corrected chi connectivity index (χ0v) is 18.7. The van der Waals surface area contributed by atoms with Gasteiger partial charge in [0.25, 0.3) is 0 Å². The first-order chi connectivity index (χ1) is 11.4. The van der Waals surface area contributed by atoms with Crippen LogP contribution in [0.1, 0.15) is 11.7 Å². The molecule has 142 valence electrons. The third-order valence-electron chi connectivity index (χ3n) is 3.11. The van der Waals surface area contributed by atoms with Crippen molar-refractivity contribution in [2.75, 3.05) is 21.3 Å². The van der Waals surface area contributed by atoms with Crippen LogP contribution in [-0.2, 0) is 13.6 Å². The van der Waals surface area contributed by atoms with E-state index in [0.717, 1.165) is 0 Å². The van der Waals surface area contributed by atoms with Gasteiger partial charge in [-0.1, -0.05) is 0 Å². The molecule has 0 radical (unpaired) electrons. The summed E-state index contributed by atoms with van der Waals surface area (Å²) in [5, 5.41) is 0. The van der Waals surface area contributed by atoms with Gasteiger partial charge >= 0.3 is 5.97 Å². The Labute approximate surface area is 152 Å². The maximum atomic E-state index is 12.8. The van der Waals surface area contributed by atoms with Crippen molar-refractivity contribution in [3.05, 3.63) is 17.7 Å². The summed E-state index contributed by atoms with van der Waals surface area (Å²) in [5.41, 5.74) is 0.575. The van der Waals surface area contributed by atoms with Crippen LogP contribution in [0.25, 0.3) is 0 Å². The van der Waals surface area contributed by atoms with Crippen molar-refractivity contribution in [1.82, 2.24) is 0 Å². The van der Waals surface area contributed by atoms with Crippen molar-refractivity contribution in [3.8, 4) is 17.2 Å². The number of ether oxygens (including phenoxy) is 3. The average Bonchev–Trinajstić information content (AvgIpc) is 2.48. The largest absolute Gasteiger partial charge is 0.518 e. The van der Waals surface area contributed by atoms with E-state index < -0.39 is 28.7 Å². The first kappa shape index (κ1) is 21.5. The molecule has 0 aromatic heterocycles. The Morgan fingerprint density at radius 1 is 0.800 bits per heavy atom. The first-order valence-electron chi connectivity index (χ1n) is 8.12. The van der Waals surface area contributed by atoms with Crippen LogP contribution >= 0.6 is 0 Å². The van der Waals surface area contributed by atoms with E-state index in [1.165, 1.54) is 0 Å². The maximum Gasteiger partial charge on any atom is 0.325 e. The number of hydrogen-bond acceptors (Lipinski definition) is 6. The molecule has 0 fully saturated rings. The van der Waals surface area contributed by atoms with Gasteiger partial charge in [0.1, 0.15) is 5.75 Å². The second kappa shape index (κ2) is 8.24. The highest BCUT2D eigenvalue weighted by molar-refractivity contribution is 6.71. The maximum absolute atomic E-state index is 12.8. The lowest BCUT2D eigenvalue weighted by Gasteiger charge is -2.29. The highest BCUT2D eigenvalue weighted by atomic mass is 28.4. The smallest absolute Gasteiger partial charge is 0.325 e. The molecule has 0 spiro atoms. The summed E-state index contributed by atoms with van der Waals surface area (Å²) >= 11 is 0. The minimum atomic E-state index is -2.07. The zero-order chi connectivity index (χ0) is 19.4. The third-order valence-corrected chi connectivity index (χ3v) is 4.87. The molecule has 0 saturated carbocycles. The summed E-state index contributed by atoms with van der Waals surface area (Å²) in [6.45, 7) is 12.0. The van der Waals surface area contributed by atoms with Gasteiger partial charge in [0.05, 0.1) is 21.3 Å². The standard InChI is InChI=1S/C17H30O6Si2/c1-19-13-11-15(21-3)14(20-2)10-12(13)16(22-24(4,5)6)17(18)23-25(7,8)9/h10-11,16H,1-9H3. The monoisotopic (exact) mass is 386 g/mol. The van der Waals surface area contributed by atoms with E-state index >= 15 is 0 Å². The molecule has 1 rings (SSSR count). The molecule has 1 aromatic carbocycles. The number of benzene rings is 1. The summed E-state index contributed by atoms with van der Waals surface area (Å²) in [7, 11) is 0.526. The summed E-state index contributed by atoms with van der Waals surface area (Å²) < 4.78 is 28.0. The fourth-order valence-corrected chi connectivity index (χ4v) is 3.85. The summed E-state index contributed by atoms with van der Waals surface area (Å²) in [6, 6.07) is 3.41. The minimum Gasteiger partial charge on any atom is -0.518 e. The van der Waals surface area contributed by atoms with E-state index in [2.05, 4.69) is 0 Å². The molecule has 0 heterocycles. The van der Waals surface area contributed by atoms with E-state index in [-0.39, 0.29) is 0 Å². The Bertz CT molecular complexity index is 604. The molecule has 0 aliphatic heterocycles. The van der Waals surface area contributed by atoms with Crippen LogP contribution in [0, 0.1) is 0 Å². The van der Waals surface area contributed by atoms with Gasteiger partial charge in [0.2, 0.25) is 8.32 Å². The number of rotatable bonds is 8. The third kappa shape index (κ3) is 6.37. The lowest BCUT2D eigenvalue weighted by molar-refractivity contribution is -0.143. The van der Waals surface area contributed by atoms with Gasteiger partial charge in [-0.15, -0.1) is 0 Å². The van der Waals surface area contributed by atoms with E-state index in [4.69, 9.17) is 23.1 Å². The van der Waals surface area contributed by atoms with Gasteiger partial charge < -0.3 is 23.1 Å². The predicted molar refractivity (Wildman–Crippen MR) is 103 cm³/mol. The average molecular weight is 387 g/mol. The lowest BCUT2D eigenvalue weighted by Crippen LogP contribution is -2.37. The van der Waals surface area contributed by atoms with Crippen molar-refractivity contribution < 1.29 is 27.9 Å². The SMILES string of the molecule is COc1cc(OC)c(C(O[Si](C)(C)C)C(=O)O[Si](C)(C)C)cc1OC. The summed E-state index contributed by atoms with van der Waals surface area (Å²) in [4.78, 5) is 12.8. The van der Waals surface area contributed by atoms with Crippen LogP contribution < -0.4 is 14.2 Å². The van der Waals surface area contributed by atoms with Gasteiger partial charge in [-0.2, -0.15) is 0 Å². The van der Waals surface area contributed by atoms with Crippen molar-refractivity contribution >= 4 is 22.6 Å². The molecule has 25 heavy (non-hydrogen) atoms. The molecule has 6 nitrogen and oxygen atoms in total. The van der Waals surface area contributed by atoms with Crippen LogP contribution in [0.4, 0.5) is 0 Å². The predicted octanol–water partition coefficient (Wildman–Crippen LogP) is 3.98. The van der Waals surface area contributed by atoms with Crippen molar-refractivity contribution in [2.24, 2.45) is 0 Å². The molecular formula is C17H30O6Si2. The Hall–Kier alpha value is -1.52. The molecular weight excluding hydrogens is 356 g/mol. The van der Waals surface area contributed by atoms with E-state index in [1.54, 1.807) is 33.5 Å². The van der Waals surface area contributed by atoms with Crippen LogP contribution in [0.2, 0.25) is 39.3 Å². The first-order valence-corrected chi connectivity index (χ1v) is 14.9. The van der Waals surface area contributed by atoms with Crippen molar-refractivity contribution in [3.63, 3.8) is 0 Å². The fourth-order valence-electron chi connectivity index (χ4n) is 2.21. The molecule has 8 heteroatoms. The Morgan fingerprint density at radius 2 is 1.28 bits per heavy atom. The lowest BCUT2D eigenvalue weighted by atomic mass is 10.1. The second-order valence-electron chi connectivity index (χ2n) is 7.59. The van der Waals surface area contributed by atoms with Crippen LogP contribution in [-0.4, -0.2) is 43.9 Å². The minimum absolute atomic E-state index is 0.396. The van der Waals surface area contributed by atoms with Crippen LogP contribution in [0.5, 0.6) is 17.2 Å². The molecule has 0 aliphatic carbocycles. The topological polar surface area (TPSA) is 63.2 Å². The Kier molecular flexibility index (Phi) is 7.10. The van der Waals surface area contributed by atoms with E-state index in [0.29, 0.717) is 22.8 Å². The Balaban J connectivity index is 3.45. The Morgan fingerprint density at radius 3 is 1.68 bits per heavy atom. The normalized spacial score (nSPS) is 13.2. The zero-order valence-electron chi connectivity index (χ0n) is 16.7. The van der Waals surface area contributed by atoms with Crippen LogP contribution in [0.15, 0.2) is 12.1 Å². The quantitative estimate of drug-likeness (QED) is 0.630. The van der Waals surface area contributed by atoms with Gasteiger partial charge in [-0.25, -0.2) is 0 Å². The molecule has 1 unspecified atom stereocenters. The molecule has 0 amide bonds. The fraction of sp³-hybridized carbons (Fsp3) is 0.588. The van der Waals surface area contributed by atoms with Gasteiger partial charge in [-0.3, -0.25) is 4.79 Å². The summed E-state index contributed by atoms with van der Waals surface area (Å²) in [5.74, 6) is 1.12. The van der Waals surface area contributed by atoms with Gasteiger partial charge in [0.15, 0.2) is 25.9 Å². The summed E-state index contributed by atoms with van der Waals surface area (Å²) in [6.07, 6.45) is -0.867.